The molecule has 3 rings (SSSR count). The largest absolute Gasteiger partial charge is 0.317 e. The van der Waals surface area contributed by atoms with Crippen molar-refractivity contribution in [3.63, 3.8) is 0 Å². The monoisotopic (exact) mass is 295 g/mol. The molecule has 0 aliphatic carbocycles. The van der Waals surface area contributed by atoms with Crippen LogP contribution >= 0.6 is 0 Å². The number of amidine groups is 1. The Morgan fingerprint density at radius 3 is 2.64 bits per heavy atom. The van der Waals surface area contributed by atoms with Gasteiger partial charge < -0.3 is 4.57 Å². The maximum Gasteiger partial charge on any atom is 0.176 e. The molecule has 0 atom stereocenters. The molecule has 2 N–H and O–H groups in total. The topological polar surface area (TPSA) is 65.5 Å². The molecule has 3 aromatic rings. The third kappa shape index (κ3) is 2.58. The van der Waals surface area contributed by atoms with Crippen LogP contribution < -0.4 is 5.43 Å². The summed E-state index contributed by atoms with van der Waals surface area (Å²) >= 11 is 0. The lowest BCUT2D eigenvalue weighted by Crippen LogP contribution is -1.98. The third-order valence-corrected chi connectivity index (χ3v) is 3.32. The van der Waals surface area contributed by atoms with E-state index in [4.69, 9.17) is 5.41 Å². The van der Waals surface area contributed by atoms with E-state index in [1.54, 1.807) is 19.2 Å². The number of nitrogens with zero attached hydrogens (tertiary/aromatic N) is 3. The van der Waals surface area contributed by atoms with Gasteiger partial charge in [0, 0.05) is 29.9 Å². The molecule has 0 aliphatic rings. The van der Waals surface area contributed by atoms with Crippen molar-refractivity contribution in [3.8, 4) is 5.69 Å². The number of nitrogens with one attached hydrogen (secondary N) is 2. The fourth-order valence-corrected chi connectivity index (χ4v) is 2.27. The van der Waals surface area contributed by atoms with Crippen LogP contribution in [0.5, 0.6) is 0 Å². The Bertz CT molecular complexity index is 849. The van der Waals surface area contributed by atoms with Crippen LogP contribution in [0.15, 0.2) is 65.1 Å². The smallest absolute Gasteiger partial charge is 0.176 e. The summed E-state index contributed by atoms with van der Waals surface area (Å²) in [5, 5.41) is 16.2. The molecule has 0 fully saturated rings. The Balaban J connectivity index is 2.01. The zero-order chi connectivity index (χ0) is 15.5. The van der Waals surface area contributed by atoms with Crippen molar-refractivity contribution in [1.82, 2.24) is 9.99 Å². The van der Waals surface area contributed by atoms with Crippen molar-refractivity contribution in [2.75, 3.05) is 7.05 Å². The average molecular weight is 295 g/mol. The van der Waals surface area contributed by atoms with Crippen LogP contribution in [0.2, 0.25) is 0 Å². The quantitative estimate of drug-likeness (QED) is 0.329. The zero-order valence-electron chi connectivity index (χ0n) is 11.9. The van der Waals surface area contributed by atoms with Gasteiger partial charge in [0.2, 0.25) is 0 Å². The molecule has 0 spiro atoms. The molecule has 5 nitrogen and oxygen atoms in total. The van der Waals surface area contributed by atoms with E-state index in [2.05, 4.69) is 15.8 Å². The van der Waals surface area contributed by atoms with Gasteiger partial charge in [-0.3, -0.25) is 10.8 Å². The fourth-order valence-electron chi connectivity index (χ4n) is 2.27. The highest BCUT2D eigenvalue weighted by molar-refractivity contribution is 6.00. The fraction of sp³-hybridized carbons (Fsp3) is 0.0625. The van der Waals surface area contributed by atoms with Crippen LogP contribution in [-0.2, 0) is 0 Å². The molecule has 1 aromatic heterocycles. The van der Waals surface area contributed by atoms with Gasteiger partial charge in [0.15, 0.2) is 5.84 Å². The lowest BCUT2D eigenvalue weighted by molar-refractivity contribution is 0.627. The van der Waals surface area contributed by atoms with Crippen LogP contribution in [0.3, 0.4) is 0 Å². The van der Waals surface area contributed by atoms with Crippen LogP contribution in [0.1, 0.15) is 5.56 Å². The summed E-state index contributed by atoms with van der Waals surface area (Å²) in [6, 6.07) is 13.9. The number of rotatable bonds is 3. The maximum absolute atomic E-state index is 13.0. The first-order valence-electron chi connectivity index (χ1n) is 6.72. The summed E-state index contributed by atoms with van der Waals surface area (Å²) in [7, 11) is 1.63. The molecule has 0 amide bonds. The van der Waals surface area contributed by atoms with Gasteiger partial charge in [-0.1, -0.05) is 5.22 Å². The average Bonchev–Trinajstić information content (AvgIpc) is 2.96. The summed E-state index contributed by atoms with van der Waals surface area (Å²) in [6.45, 7) is 0. The minimum absolute atomic E-state index is 0.0887. The normalized spacial score (nSPS) is 11.2. The summed E-state index contributed by atoms with van der Waals surface area (Å²) < 4.78 is 15.0. The lowest BCUT2D eigenvalue weighted by atomic mass is 10.1. The maximum atomic E-state index is 13.0. The van der Waals surface area contributed by atoms with Gasteiger partial charge in [0.05, 0.1) is 5.52 Å². The van der Waals surface area contributed by atoms with E-state index in [-0.39, 0.29) is 11.7 Å². The van der Waals surface area contributed by atoms with E-state index in [0.717, 1.165) is 16.6 Å². The lowest BCUT2D eigenvalue weighted by Gasteiger charge is -2.06. The molecule has 6 heteroatoms. The molecule has 22 heavy (non-hydrogen) atoms. The van der Waals surface area contributed by atoms with Crippen molar-refractivity contribution in [3.05, 3.63) is 66.1 Å². The van der Waals surface area contributed by atoms with Crippen LogP contribution in [0.25, 0.3) is 16.6 Å². The Morgan fingerprint density at radius 1 is 1.14 bits per heavy atom. The molecular formula is C16H14FN5. The van der Waals surface area contributed by atoms with Gasteiger partial charge in [-0.05, 0) is 48.5 Å². The molecular weight excluding hydrogens is 281 g/mol. The molecule has 0 radical (unpaired) electrons. The van der Waals surface area contributed by atoms with Crippen molar-refractivity contribution >= 4 is 16.7 Å². The zero-order valence-corrected chi connectivity index (χ0v) is 11.9. The van der Waals surface area contributed by atoms with Gasteiger partial charge in [0.25, 0.3) is 0 Å². The Hall–Kier alpha value is -3.02. The number of halogens is 1. The molecule has 0 aliphatic heterocycles. The standard InChI is InChI=1S/C16H14FN5/c1-19-21-20-16(18)12-2-7-15-11(10-12)8-9-22(15)14-5-3-13(17)4-6-14/h2-10H,1H3,(H2,18,19,20). The minimum atomic E-state index is -0.258. The first kappa shape index (κ1) is 13.9. The molecule has 110 valence electrons. The highest BCUT2D eigenvalue weighted by Gasteiger charge is 2.07. The van der Waals surface area contributed by atoms with E-state index < -0.39 is 0 Å². The van der Waals surface area contributed by atoms with E-state index in [0.29, 0.717) is 5.56 Å². The van der Waals surface area contributed by atoms with E-state index in [1.165, 1.54) is 12.1 Å². The van der Waals surface area contributed by atoms with E-state index in [1.807, 2.05) is 35.0 Å². The number of aromatic nitrogens is 1. The van der Waals surface area contributed by atoms with E-state index >= 15 is 0 Å². The van der Waals surface area contributed by atoms with E-state index in [9.17, 15) is 4.39 Å². The summed E-state index contributed by atoms with van der Waals surface area (Å²) in [5.41, 5.74) is 5.07. The van der Waals surface area contributed by atoms with Gasteiger partial charge in [-0.25, -0.2) is 4.39 Å². The number of fused-ring (bicyclic) bond motifs is 1. The number of benzene rings is 2. The third-order valence-electron chi connectivity index (χ3n) is 3.32. The number of hydrogen-bond donors (Lipinski definition) is 2. The molecule has 1 heterocycles. The highest BCUT2D eigenvalue weighted by Crippen LogP contribution is 2.22. The Morgan fingerprint density at radius 2 is 1.91 bits per heavy atom. The first-order chi connectivity index (χ1) is 10.7. The van der Waals surface area contributed by atoms with Crippen LogP contribution in [0.4, 0.5) is 4.39 Å². The number of hydrogen-bond acceptors (Lipinski definition) is 2. The molecule has 0 saturated carbocycles. The van der Waals surface area contributed by atoms with Crippen LogP contribution in [0, 0.1) is 11.2 Å². The van der Waals surface area contributed by atoms with Gasteiger partial charge in [-0.2, -0.15) is 0 Å². The second kappa shape index (κ2) is 5.77. The van der Waals surface area contributed by atoms with Crippen molar-refractivity contribution in [2.45, 2.75) is 0 Å². The first-order valence-corrected chi connectivity index (χ1v) is 6.72. The van der Waals surface area contributed by atoms with Gasteiger partial charge >= 0.3 is 0 Å². The second-order valence-electron chi connectivity index (χ2n) is 4.71. The minimum Gasteiger partial charge on any atom is -0.317 e. The predicted octanol–water partition coefficient (Wildman–Crippen LogP) is 3.68. The molecule has 0 unspecified atom stereocenters. The summed E-state index contributed by atoms with van der Waals surface area (Å²) in [5.74, 6) is -0.170. The van der Waals surface area contributed by atoms with Gasteiger partial charge in [-0.15, -0.1) is 5.11 Å². The Kier molecular flexibility index (Phi) is 3.65. The SMILES string of the molecule is CN/N=N\C(=N)c1ccc2c(ccn2-c2ccc(F)cc2)c1. The molecule has 0 saturated heterocycles. The van der Waals surface area contributed by atoms with Crippen LogP contribution in [-0.4, -0.2) is 17.5 Å². The van der Waals surface area contributed by atoms with Crippen molar-refractivity contribution in [1.29, 1.82) is 5.41 Å². The highest BCUT2D eigenvalue weighted by atomic mass is 19.1. The van der Waals surface area contributed by atoms with Crippen molar-refractivity contribution in [2.24, 2.45) is 10.3 Å². The summed E-state index contributed by atoms with van der Waals surface area (Å²) in [6.07, 6.45) is 1.92. The van der Waals surface area contributed by atoms with Crippen molar-refractivity contribution < 1.29 is 4.39 Å². The summed E-state index contributed by atoms with van der Waals surface area (Å²) in [4.78, 5) is 0. The Labute approximate surface area is 126 Å². The predicted molar refractivity (Wildman–Crippen MR) is 84.0 cm³/mol. The van der Waals surface area contributed by atoms with Gasteiger partial charge in [0.1, 0.15) is 5.82 Å². The second-order valence-corrected chi connectivity index (χ2v) is 4.71. The molecule has 0 bridgehead atoms. The molecule has 2 aromatic carbocycles.